The van der Waals surface area contributed by atoms with Crippen LogP contribution in [-0.4, -0.2) is 43.4 Å². The lowest BCUT2D eigenvalue weighted by molar-refractivity contribution is -0.153. The molecule has 1 atom stereocenters. The zero-order valence-electron chi connectivity index (χ0n) is 18.1. The highest BCUT2D eigenvalue weighted by Gasteiger charge is 2.20. The summed E-state index contributed by atoms with van der Waals surface area (Å²) < 4.78 is 15.9. The summed E-state index contributed by atoms with van der Waals surface area (Å²) in [6.07, 6.45) is -0.955. The average Bonchev–Trinajstić information content (AvgIpc) is 2.75. The first-order valence-electron chi connectivity index (χ1n) is 9.80. The van der Waals surface area contributed by atoms with E-state index >= 15 is 0 Å². The molecule has 2 N–H and O–H groups in total. The maximum atomic E-state index is 12.1. The monoisotopic (exact) mass is 425 g/mol. The second-order valence-corrected chi connectivity index (χ2v) is 7.02. The summed E-state index contributed by atoms with van der Waals surface area (Å²) in [6.45, 7) is 3.77. The Balaban J connectivity index is 2.06. The molecule has 0 spiro atoms. The standard InChI is InChI=1S/C24H27NO6/c1-16(2)31-22(24(27)28)14-18-7-11-21(30-4)19(13-18)15-25-23(26)12-8-17-5-9-20(29-3)10-6-17/h5-7,9-11,13,16,22H,14-15H2,1-4H3,(H,25,26)(H,27,28). The fraction of sp³-hybridized carbons (Fsp3) is 0.333. The third-order valence-corrected chi connectivity index (χ3v) is 4.33. The van der Waals surface area contributed by atoms with Crippen molar-refractivity contribution in [3.8, 4) is 23.3 Å². The van der Waals surface area contributed by atoms with E-state index in [0.717, 1.165) is 5.56 Å². The van der Waals surface area contributed by atoms with Crippen LogP contribution >= 0.6 is 0 Å². The van der Waals surface area contributed by atoms with Crippen molar-refractivity contribution in [3.63, 3.8) is 0 Å². The molecule has 2 aromatic carbocycles. The van der Waals surface area contributed by atoms with Crippen molar-refractivity contribution >= 4 is 11.9 Å². The van der Waals surface area contributed by atoms with Gasteiger partial charge in [-0.1, -0.05) is 18.1 Å². The van der Waals surface area contributed by atoms with Gasteiger partial charge in [0.2, 0.25) is 0 Å². The smallest absolute Gasteiger partial charge is 0.333 e. The first-order valence-corrected chi connectivity index (χ1v) is 9.80. The summed E-state index contributed by atoms with van der Waals surface area (Å²) in [5.74, 6) is 5.19. The number of carboxylic acids is 1. The van der Waals surface area contributed by atoms with Crippen LogP contribution in [0.1, 0.15) is 30.5 Å². The van der Waals surface area contributed by atoms with Crippen molar-refractivity contribution in [2.75, 3.05) is 14.2 Å². The zero-order valence-corrected chi connectivity index (χ0v) is 18.1. The van der Waals surface area contributed by atoms with Crippen molar-refractivity contribution in [2.45, 2.75) is 39.0 Å². The Morgan fingerprint density at radius 2 is 1.77 bits per heavy atom. The van der Waals surface area contributed by atoms with Crippen molar-refractivity contribution < 1.29 is 28.9 Å². The molecule has 2 rings (SSSR count). The highest BCUT2D eigenvalue weighted by atomic mass is 16.5. The van der Waals surface area contributed by atoms with Gasteiger partial charge in [-0.05, 0) is 49.7 Å². The quantitative estimate of drug-likeness (QED) is 0.600. The third-order valence-electron chi connectivity index (χ3n) is 4.33. The van der Waals surface area contributed by atoms with Crippen LogP contribution in [0, 0.1) is 11.8 Å². The van der Waals surface area contributed by atoms with Gasteiger partial charge in [-0.25, -0.2) is 4.79 Å². The van der Waals surface area contributed by atoms with E-state index in [-0.39, 0.29) is 19.1 Å². The molecule has 0 radical (unpaired) electrons. The SMILES string of the molecule is COc1ccc(C#CC(=O)NCc2cc(CC(OC(C)C)C(=O)O)ccc2OC)cc1. The van der Waals surface area contributed by atoms with E-state index in [9.17, 15) is 14.7 Å². The molecule has 31 heavy (non-hydrogen) atoms. The zero-order chi connectivity index (χ0) is 22.8. The van der Waals surface area contributed by atoms with E-state index in [2.05, 4.69) is 17.2 Å². The Hall–Kier alpha value is -3.50. The number of methoxy groups -OCH3 is 2. The molecule has 1 amide bonds. The van der Waals surface area contributed by atoms with Crippen LogP contribution in [0.15, 0.2) is 42.5 Å². The second-order valence-electron chi connectivity index (χ2n) is 7.02. The summed E-state index contributed by atoms with van der Waals surface area (Å²) in [4.78, 5) is 23.6. The first kappa shape index (κ1) is 23.8. The van der Waals surface area contributed by atoms with Crippen LogP contribution in [0.5, 0.6) is 11.5 Å². The molecular formula is C24H27NO6. The number of carbonyl (C=O) groups is 2. The summed E-state index contributed by atoms with van der Waals surface area (Å²) in [6, 6.07) is 12.4. The van der Waals surface area contributed by atoms with Gasteiger partial charge in [0.1, 0.15) is 11.5 Å². The van der Waals surface area contributed by atoms with Crippen LogP contribution < -0.4 is 14.8 Å². The Labute approximate surface area is 182 Å². The molecule has 0 aliphatic rings. The molecule has 0 fully saturated rings. The lowest BCUT2D eigenvalue weighted by Gasteiger charge is -2.17. The molecule has 164 valence electrons. The maximum Gasteiger partial charge on any atom is 0.333 e. The number of amides is 1. The first-order chi connectivity index (χ1) is 14.8. The Bertz CT molecular complexity index is 956. The summed E-state index contributed by atoms with van der Waals surface area (Å²) in [7, 11) is 3.11. The molecule has 0 saturated heterocycles. The highest BCUT2D eigenvalue weighted by Crippen LogP contribution is 2.21. The topological polar surface area (TPSA) is 94.1 Å². The van der Waals surface area contributed by atoms with Crippen molar-refractivity contribution in [2.24, 2.45) is 0 Å². The number of ether oxygens (including phenoxy) is 3. The van der Waals surface area contributed by atoms with Gasteiger partial charge in [0.15, 0.2) is 6.10 Å². The molecule has 7 nitrogen and oxygen atoms in total. The summed E-state index contributed by atoms with van der Waals surface area (Å²) >= 11 is 0. The van der Waals surface area contributed by atoms with E-state index in [1.54, 1.807) is 63.4 Å². The van der Waals surface area contributed by atoms with Gasteiger partial charge in [0, 0.05) is 30.0 Å². The number of carbonyl (C=O) groups excluding carboxylic acids is 1. The Kier molecular flexibility index (Phi) is 8.92. The third kappa shape index (κ3) is 7.68. The number of hydrogen-bond donors (Lipinski definition) is 2. The number of aliphatic carboxylic acids is 1. The van der Waals surface area contributed by atoms with Crippen molar-refractivity contribution in [3.05, 3.63) is 59.2 Å². The predicted molar refractivity (Wildman–Crippen MR) is 116 cm³/mol. The number of hydrogen-bond acceptors (Lipinski definition) is 5. The van der Waals surface area contributed by atoms with E-state index < -0.39 is 18.0 Å². The van der Waals surface area contributed by atoms with Crippen LogP contribution in [-0.2, 0) is 27.3 Å². The minimum Gasteiger partial charge on any atom is -0.497 e. The van der Waals surface area contributed by atoms with E-state index in [1.807, 2.05) is 0 Å². The molecule has 0 aliphatic carbocycles. The molecular weight excluding hydrogens is 398 g/mol. The maximum absolute atomic E-state index is 12.1. The van der Waals surface area contributed by atoms with Crippen LogP contribution in [0.25, 0.3) is 0 Å². The van der Waals surface area contributed by atoms with Gasteiger partial charge >= 0.3 is 5.97 Å². The van der Waals surface area contributed by atoms with Gasteiger partial charge in [-0.15, -0.1) is 0 Å². The van der Waals surface area contributed by atoms with E-state index in [0.29, 0.717) is 22.6 Å². The van der Waals surface area contributed by atoms with Gasteiger partial charge in [-0.3, -0.25) is 4.79 Å². The van der Waals surface area contributed by atoms with Crippen molar-refractivity contribution in [1.82, 2.24) is 5.32 Å². The lowest BCUT2D eigenvalue weighted by atomic mass is 10.0. The fourth-order valence-electron chi connectivity index (χ4n) is 2.86. The normalized spacial score (nSPS) is 11.3. The van der Waals surface area contributed by atoms with Gasteiger partial charge < -0.3 is 24.6 Å². The van der Waals surface area contributed by atoms with E-state index in [1.165, 1.54) is 7.11 Å². The van der Waals surface area contributed by atoms with Crippen LogP contribution in [0.3, 0.4) is 0 Å². The summed E-state index contributed by atoms with van der Waals surface area (Å²) in [5, 5.41) is 12.1. The number of carboxylic acid groups (broad SMARTS) is 1. The Morgan fingerprint density at radius 3 is 2.35 bits per heavy atom. The average molecular weight is 425 g/mol. The number of nitrogens with one attached hydrogen (secondary N) is 1. The molecule has 0 heterocycles. The van der Waals surface area contributed by atoms with Crippen LogP contribution in [0.4, 0.5) is 0 Å². The number of rotatable bonds is 9. The molecule has 0 bridgehead atoms. The van der Waals surface area contributed by atoms with Crippen LogP contribution in [0.2, 0.25) is 0 Å². The molecule has 0 aromatic heterocycles. The lowest BCUT2D eigenvalue weighted by Crippen LogP contribution is -2.29. The molecule has 0 saturated carbocycles. The van der Waals surface area contributed by atoms with Gasteiger partial charge in [0.05, 0.1) is 20.3 Å². The van der Waals surface area contributed by atoms with Gasteiger partial charge in [-0.2, -0.15) is 0 Å². The molecule has 2 aromatic rings. The predicted octanol–water partition coefficient (Wildman–Crippen LogP) is 2.79. The largest absolute Gasteiger partial charge is 0.497 e. The minimum absolute atomic E-state index is 0.190. The molecule has 1 unspecified atom stereocenters. The summed E-state index contributed by atoms with van der Waals surface area (Å²) in [5.41, 5.74) is 2.18. The minimum atomic E-state index is -1.02. The van der Waals surface area contributed by atoms with Gasteiger partial charge in [0.25, 0.3) is 5.91 Å². The molecule has 7 heteroatoms. The highest BCUT2D eigenvalue weighted by molar-refractivity contribution is 5.94. The van der Waals surface area contributed by atoms with E-state index in [4.69, 9.17) is 14.2 Å². The molecule has 0 aliphatic heterocycles. The fourth-order valence-corrected chi connectivity index (χ4v) is 2.86. The number of benzene rings is 2. The Morgan fingerprint density at radius 1 is 1.06 bits per heavy atom. The van der Waals surface area contributed by atoms with Crippen molar-refractivity contribution in [1.29, 1.82) is 0 Å². The second kappa shape index (κ2) is 11.6.